The average Bonchev–Trinajstić information content (AvgIpc) is 2.56. The zero-order valence-corrected chi connectivity index (χ0v) is 15.1. The summed E-state index contributed by atoms with van der Waals surface area (Å²) < 4.78 is 5.15. The first-order chi connectivity index (χ1) is 12.3. The van der Waals surface area contributed by atoms with E-state index in [4.69, 9.17) is 4.74 Å². The second kappa shape index (κ2) is 8.41. The van der Waals surface area contributed by atoms with Gasteiger partial charge >= 0.3 is 11.8 Å². The second-order valence-electron chi connectivity index (χ2n) is 6.71. The van der Waals surface area contributed by atoms with Crippen LogP contribution in [0, 0.1) is 10.1 Å². The Bertz CT molecular complexity index is 788. The molecule has 9 nitrogen and oxygen atoms in total. The highest BCUT2D eigenvalue weighted by molar-refractivity contribution is 5.92. The highest BCUT2D eigenvalue weighted by Crippen LogP contribution is 2.29. The molecular weight excluding hydrogens is 338 g/mol. The number of rotatable bonds is 7. The number of carbonyl (C=O) groups excluding carboxylic acids is 1. The normalized spacial score (nSPS) is 11.2. The van der Waals surface area contributed by atoms with Crippen LogP contribution in [0.2, 0.25) is 0 Å². The smallest absolute Gasteiger partial charge is 0.407 e. The highest BCUT2D eigenvalue weighted by Gasteiger charge is 2.18. The highest BCUT2D eigenvalue weighted by atomic mass is 16.6. The van der Waals surface area contributed by atoms with E-state index >= 15 is 0 Å². The van der Waals surface area contributed by atoms with Gasteiger partial charge in [-0.3, -0.25) is 15.1 Å². The molecule has 0 aliphatic rings. The van der Waals surface area contributed by atoms with E-state index in [1.54, 1.807) is 39.1 Å². The lowest BCUT2D eigenvalue weighted by Crippen LogP contribution is -2.33. The molecule has 2 rings (SSSR count). The number of unbranched alkanes of at least 4 members (excludes halogenated alkanes) is 1. The van der Waals surface area contributed by atoms with Gasteiger partial charge in [0.1, 0.15) is 23.0 Å². The molecule has 0 saturated carbocycles. The molecule has 0 spiro atoms. The summed E-state index contributed by atoms with van der Waals surface area (Å²) in [6.07, 6.45) is 3.77. The standard InChI is InChI=1S/C17H23N5O4/c1-17(2,3)26-16(23)20-9-5-4-8-19-15-13(22(24)25)11-21-12-7-6-10-18-14(12)15/h6-7,10-11H,4-5,8-9H2,1-3H3,(H,19,21)(H,20,23). The third kappa shape index (κ3) is 5.54. The Labute approximate surface area is 151 Å². The number of aromatic nitrogens is 2. The Morgan fingerprint density at radius 1 is 1.27 bits per heavy atom. The molecule has 0 unspecified atom stereocenters. The van der Waals surface area contributed by atoms with Crippen molar-refractivity contribution in [2.45, 2.75) is 39.2 Å². The van der Waals surface area contributed by atoms with Crippen LogP contribution in [-0.2, 0) is 4.74 Å². The van der Waals surface area contributed by atoms with Crippen LogP contribution >= 0.6 is 0 Å². The van der Waals surface area contributed by atoms with Gasteiger partial charge in [0, 0.05) is 19.3 Å². The maximum Gasteiger partial charge on any atom is 0.407 e. The number of nitrogens with zero attached hydrogens (tertiary/aromatic N) is 3. The first kappa shape index (κ1) is 19.4. The number of nitrogens with one attached hydrogen (secondary N) is 2. The number of fused-ring (bicyclic) bond motifs is 1. The first-order valence-corrected chi connectivity index (χ1v) is 8.37. The van der Waals surface area contributed by atoms with Crippen LogP contribution < -0.4 is 10.6 Å². The molecular formula is C17H23N5O4. The summed E-state index contributed by atoms with van der Waals surface area (Å²) in [7, 11) is 0. The molecule has 0 atom stereocenters. The Morgan fingerprint density at radius 3 is 2.69 bits per heavy atom. The largest absolute Gasteiger partial charge is 0.444 e. The van der Waals surface area contributed by atoms with Crippen molar-refractivity contribution < 1.29 is 14.5 Å². The fourth-order valence-corrected chi connectivity index (χ4v) is 2.29. The van der Waals surface area contributed by atoms with Crippen molar-refractivity contribution in [2.75, 3.05) is 18.4 Å². The minimum Gasteiger partial charge on any atom is -0.444 e. The molecule has 0 aromatic carbocycles. The Hall–Kier alpha value is -2.97. The Kier molecular flexibility index (Phi) is 6.26. The molecule has 2 aromatic rings. The lowest BCUT2D eigenvalue weighted by Gasteiger charge is -2.19. The molecule has 2 aromatic heterocycles. The second-order valence-corrected chi connectivity index (χ2v) is 6.71. The molecule has 0 fully saturated rings. The summed E-state index contributed by atoms with van der Waals surface area (Å²) in [4.78, 5) is 30.5. The van der Waals surface area contributed by atoms with Crippen molar-refractivity contribution in [1.29, 1.82) is 0 Å². The summed E-state index contributed by atoms with van der Waals surface area (Å²) in [5.74, 6) is 0. The summed E-state index contributed by atoms with van der Waals surface area (Å²) in [5.41, 5.74) is 0.782. The van der Waals surface area contributed by atoms with Gasteiger partial charge in [-0.1, -0.05) is 0 Å². The fraction of sp³-hybridized carbons (Fsp3) is 0.471. The van der Waals surface area contributed by atoms with E-state index in [1.807, 2.05) is 0 Å². The molecule has 2 N–H and O–H groups in total. The average molecular weight is 361 g/mol. The maximum absolute atomic E-state index is 11.5. The van der Waals surface area contributed by atoms with Gasteiger partial charge in [-0.25, -0.2) is 9.78 Å². The summed E-state index contributed by atoms with van der Waals surface area (Å²) in [6.45, 7) is 6.38. The van der Waals surface area contributed by atoms with Gasteiger partial charge in [-0.2, -0.15) is 0 Å². The zero-order chi connectivity index (χ0) is 19.2. The van der Waals surface area contributed by atoms with E-state index < -0.39 is 16.6 Å². The van der Waals surface area contributed by atoms with E-state index in [2.05, 4.69) is 20.6 Å². The predicted molar refractivity (Wildman–Crippen MR) is 98.2 cm³/mol. The predicted octanol–water partition coefficient (Wildman–Crippen LogP) is 3.25. The Morgan fingerprint density at radius 2 is 2.00 bits per heavy atom. The molecule has 26 heavy (non-hydrogen) atoms. The number of ether oxygens (including phenoxy) is 1. The van der Waals surface area contributed by atoms with Gasteiger partial charge in [0.25, 0.3) is 0 Å². The van der Waals surface area contributed by atoms with Gasteiger partial charge in [0.15, 0.2) is 0 Å². The number of amides is 1. The quantitative estimate of drug-likeness (QED) is 0.441. The van der Waals surface area contributed by atoms with E-state index in [1.165, 1.54) is 6.20 Å². The molecule has 0 aliphatic heterocycles. The van der Waals surface area contributed by atoms with Crippen LogP contribution in [0.5, 0.6) is 0 Å². The number of hydrogen-bond donors (Lipinski definition) is 2. The minimum absolute atomic E-state index is 0.108. The summed E-state index contributed by atoms with van der Waals surface area (Å²) in [5, 5.41) is 17.0. The summed E-state index contributed by atoms with van der Waals surface area (Å²) in [6, 6.07) is 3.48. The van der Waals surface area contributed by atoms with Crippen LogP contribution in [0.15, 0.2) is 24.5 Å². The Balaban J connectivity index is 1.87. The third-order valence-electron chi connectivity index (χ3n) is 3.38. The molecule has 1 amide bonds. The fourth-order valence-electron chi connectivity index (χ4n) is 2.29. The molecule has 0 bridgehead atoms. The van der Waals surface area contributed by atoms with Gasteiger partial charge in [-0.05, 0) is 45.7 Å². The number of pyridine rings is 2. The topological polar surface area (TPSA) is 119 Å². The molecule has 9 heteroatoms. The number of carbonyl (C=O) groups is 1. The monoisotopic (exact) mass is 361 g/mol. The van der Waals surface area contributed by atoms with E-state index in [-0.39, 0.29) is 5.69 Å². The van der Waals surface area contributed by atoms with E-state index in [9.17, 15) is 14.9 Å². The molecule has 0 saturated heterocycles. The summed E-state index contributed by atoms with van der Waals surface area (Å²) >= 11 is 0. The van der Waals surface area contributed by atoms with Crippen LogP contribution in [-0.4, -0.2) is 39.7 Å². The van der Waals surface area contributed by atoms with Crippen molar-refractivity contribution >= 4 is 28.5 Å². The molecule has 0 aliphatic carbocycles. The number of hydrogen-bond acceptors (Lipinski definition) is 7. The first-order valence-electron chi connectivity index (χ1n) is 8.37. The van der Waals surface area contributed by atoms with Crippen molar-refractivity contribution in [3.63, 3.8) is 0 Å². The third-order valence-corrected chi connectivity index (χ3v) is 3.38. The molecule has 140 valence electrons. The lowest BCUT2D eigenvalue weighted by atomic mass is 10.2. The van der Waals surface area contributed by atoms with Crippen molar-refractivity contribution in [3.8, 4) is 0 Å². The molecule has 2 heterocycles. The van der Waals surface area contributed by atoms with Crippen molar-refractivity contribution in [3.05, 3.63) is 34.6 Å². The van der Waals surface area contributed by atoms with Gasteiger partial charge < -0.3 is 15.4 Å². The minimum atomic E-state index is -0.528. The SMILES string of the molecule is CC(C)(C)OC(=O)NCCCCNc1c([N+](=O)[O-])cnc2cccnc12. The van der Waals surface area contributed by atoms with Gasteiger partial charge in [0.2, 0.25) is 0 Å². The van der Waals surface area contributed by atoms with E-state index in [0.717, 1.165) is 0 Å². The maximum atomic E-state index is 11.5. The van der Waals surface area contributed by atoms with Gasteiger partial charge in [0.05, 0.1) is 10.4 Å². The van der Waals surface area contributed by atoms with Crippen molar-refractivity contribution in [2.24, 2.45) is 0 Å². The van der Waals surface area contributed by atoms with Crippen LogP contribution in [0.1, 0.15) is 33.6 Å². The molecule has 0 radical (unpaired) electrons. The lowest BCUT2D eigenvalue weighted by molar-refractivity contribution is -0.384. The van der Waals surface area contributed by atoms with Crippen LogP contribution in [0.25, 0.3) is 11.0 Å². The van der Waals surface area contributed by atoms with Crippen molar-refractivity contribution in [1.82, 2.24) is 15.3 Å². The van der Waals surface area contributed by atoms with Crippen LogP contribution in [0.3, 0.4) is 0 Å². The number of alkyl carbamates (subject to hydrolysis) is 1. The number of nitro groups is 1. The zero-order valence-electron chi connectivity index (χ0n) is 15.1. The van der Waals surface area contributed by atoms with Gasteiger partial charge in [-0.15, -0.1) is 0 Å². The van der Waals surface area contributed by atoms with Crippen LogP contribution in [0.4, 0.5) is 16.2 Å². The van der Waals surface area contributed by atoms with E-state index in [0.29, 0.717) is 42.7 Å². The number of anilines is 1.